The highest BCUT2D eigenvalue weighted by Crippen LogP contribution is 2.60. The highest BCUT2D eigenvalue weighted by Gasteiger charge is 2.70. The van der Waals surface area contributed by atoms with Crippen LogP contribution in [0.3, 0.4) is 0 Å². The van der Waals surface area contributed by atoms with Gasteiger partial charge in [-0.3, -0.25) is 4.79 Å². The topological polar surface area (TPSA) is 54.0 Å². The Bertz CT molecular complexity index is 534. The molecule has 7 atom stereocenters. The van der Waals surface area contributed by atoms with Gasteiger partial charge in [0.1, 0.15) is 0 Å². The Morgan fingerprint density at radius 1 is 1.16 bits per heavy atom. The fourth-order valence-electron chi connectivity index (χ4n) is 5.68. The van der Waals surface area contributed by atoms with E-state index in [2.05, 4.69) is 20.8 Å². The Hall–Kier alpha value is -0.650. The van der Waals surface area contributed by atoms with Crippen LogP contribution in [0.1, 0.15) is 72.6 Å². The first kappa shape index (κ1) is 17.7. The minimum Gasteiger partial charge on any atom is -0.432 e. The lowest BCUT2D eigenvalue weighted by Gasteiger charge is -2.58. The van der Waals surface area contributed by atoms with Crippen molar-refractivity contribution in [3.63, 3.8) is 0 Å². The molecule has 1 unspecified atom stereocenters. The van der Waals surface area contributed by atoms with E-state index in [0.717, 1.165) is 44.9 Å². The molecule has 5 fully saturated rings. The molecule has 1 saturated carbocycles. The summed E-state index contributed by atoms with van der Waals surface area (Å²) in [6.45, 7) is 8.63. The highest BCUT2D eigenvalue weighted by atomic mass is 17.3. The van der Waals surface area contributed by atoms with E-state index >= 15 is 0 Å². The fourth-order valence-corrected chi connectivity index (χ4v) is 5.68. The number of hydrogen-bond donors (Lipinski definition) is 0. The van der Waals surface area contributed by atoms with E-state index in [9.17, 15) is 4.79 Å². The summed E-state index contributed by atoms with van der Waals surface area (Å²) in [7, 11) is 0. The molecular weight excluding hydrogens is 320 g/mol. The number of carbonyl (C=O) groups excluding carboxylic acids is 1. The zero-order valence-corrected chi connectivity index (χ0v) is 16.0. The van der Waals surface area contributed by atoms with Crippen LogP contribution in [0.15, 0.2) is 0 Å². The van der Waals surface area contributed by atoms with Gasteiger partial charge in [0, 0.05) is 18.3 Å². The number of hydrogen-bond acceptors (Lipinski definition) is 5. The summed E-state index contributed by atoms with van der Waals surface area (Å²) in [5, 5.41) is 0. The van der Waals surface area contributed by atoms with Crippen molar-refractivity contribution in [2.45, 2.75) is 90.3 Å². The van der Waals surface area contributed by atoms with Crippen LogP contribution in [0.5, 0.6) is 0 Å². The van der Waals surface area contributed by atoms with Crippen molar-refractivity contribution in [2.75, 3.05) is 0 Å². The van der Waals surface area contributed by atoms with Gasteiger partial charge in [0.15, 0.2) is 5.60 Å². The molecule has 142 valence electrons. The summed E-state index contributed by atoms with van der Waals surface area (Å²) in [5.41, 5.74) is -0.621. The van der Waals surface area contributed by atoms with Crippen molar-refractivity contribution in [1.29, 1.82) is 0 Å². The van der Waals surface area contributed by atoms with Gasteiger partial charge in [-0.2, -0.15) is 0 Å². The molecule has 4 heterocycles. The average molecular weight is 352 g/mol. The van der Waals surface area contributed by atoms with Gasteiger partial charge in [0.2, 0.25) is 12.1 Å². The molecule has 25 heavy (non-hydrogen) atoms. The summed E-state index contributed by atoms with van der Waals surface area (Å²) in [5.74, 6) is 0.635. The van der Waals surface area contributed by atoms with Gasteiger partial charge in [-0.1, -0.05) is 33.6 Å². The van der Waals surface area contributed by atoms with Crippen LogP contribution in [0.4, 0.5) is 0 Å². The minimum absolute atomic E-state index is 0.0975. The highest BCUT2D eigenvalue weighted by molar-refractivity contribution is 5.74. The first-order chi connectivity index (χ1) is 11.9. The Kier molecular flexibility index (Phi) is 4.41. The van der Waals surface area contributed by atoms with Crippen molar-refractivity contribution in [1.82, 2.24) is 0 Å². The standard InChI is InChI=1S/C20H32O5/c1-12(2)6-5-7-14-16-9-8-13(3)15-10-11-19(4)23-18(22-17(14)21)20(15,16)25-24-19/h12-16,18H,5-11H2,1-4H3/t13-,14-,15?,16+,18-,19-,20-/m1/s1. The Morgan fingerprint density at radius 3 is 2.72 bits per heavy atom. The second-order valence-corrected chi connectivity index (χ2v) is 9.28. The molecule has 5 rings (SSSR count). The summed E-state index contributed by atoms with van der Waals surface area (Å²) < 4.78 is 12.0. The van der Waals surface area contributed by atoms with Crippen molar-refractivity contribution < 1.29 is 24.0 Å². The van der Waals surface area contributed by atoms with E-state index in [1.807, 2.05) is 6.92 Å². The lowest BCUT2D eigenvalue weighted by atomic mass is 9.57. The fraction of sp³-hybridized carbons (Fsp3) is 0.950. The summed E-state index contributed by atoms with van der Waals surface area (Å²) in [4.78, 5) is 24.7. The predicted molar refractivity (Wildman–Crippen MR) is 91.1 cm³/mol. The second kappa shape index (κ2) is 6.21. The molecule has 4 aliphatic heterocycles. The van der Waals surface area contributed by atoms with Crippen LogP contribution in [0, 0.1) is 29.6 Å². The summed E-state index contributed by atoms with van der Waals surface area (Å²) >= 11 is 0. The zero-order valence-electron chi connectivity index (χ0n) is 16.0. The molecule has 5 heteroatoms. The lowest BCUT2D eigenvalue weighted by molar-refractivity contribution is -0.559. The predicted octanol–water partition coefficient (Wildman–Crippen LogP) is 4.20. The van der Waals surface area contributed by atoms with Crippen molar-refractivity contribution in [2.24, 2.45) is 29.6 Å². The van der Waals surface area contributed by atoms with E-state index in [0.29, 0.717) is 17.8 Å². The van der Waals surface area contributed by atoms with Gasteiger partial charge in [-0.15, -0.1) is 0 Å². The maximum Gasteiger partial charge on any atom is 0.311 e. The molecule has 5 nitrogen and oxygen atoms in total. The van der Waals surface area contributed by atoms with E-state index < -0.39 is 17.7 Å². The van der Waals surface area contributed by atoms with Crippen molar-refractivity contribution in [3.05, 3.63) is 0 Å². The van der Waals surface area contributed by atoms with Crippen molar-refractivity contribution in [3.8, 4) is 0 Å². The Balaban J connectivity index is 1.65. The maximum absolute atomic E-state index is 12.8. The Morgan fingerprint density at radius 2 is 1.96 bits per heavy atom. The van der Waals surface area contributed by atoms with Crippen LogP contribution >= 0.6 is 0 Å². The molecule has 0 radical (unpaired) electrons. The minimum atomic E-state index is -0.803. The molecule has 1 spiro atoms. The van der Waals surface area contributed by atoms with Gasteiger partial charge in [-0.25, -0.2) is 9.78 Å². The van der Waals surface area contributed by atoms with Crippen molar-refractivity contribution >= 4 is 5.97 Å². The monoisotopic (exact) mass is 352 g/mol. The molecule has 4 saturated heterocycles. The van der Waals surface area contributed by atoms with Gasteiger partial charge in [-0.05, 0) is 44.4 Å². The molecule has 2 bridgehead atoms. The molecule has 1 aliphatic carbocycles. The molecule has 0 aromatic carbocycles. The molecule has 0 N–H and O–H groups in total. The normalized spacial score (nSPS) is 48.8. The number of ether oxygens (including phenoxy) is 2. The van der Waals surface area contributed by atoms with Gasteiger partial charge >= 0.3 is 5.97 Å². The van der Waals surface area contributed by atoms with Crippen LogP contribution in [0.25, 0.3) is 0 Å². The molecular formula is C20H32O5. The third kappa shape index (κ3) is 2.74. The van der Waals surface area contributed by atoms with Crippen LogP contribution < -0.4 is 0 Å². The first-order valence-electron chi connectivity index (χ1n) is 10.1. The van der Waals surface area contributed by atoms with E-state index in [1.165, 1.54) is 0 Å². The summed E-state index contributed by atoms with van der Waals surface area (Å²) in [6, 6.07) is 0. The third-order valence-electron chi connectivity index (χ3n) is 7.08. The molecule has 0 aromatic heterocycles. The smallest absolute Gasteiger partial charge is 0.311 e. The van der Waals surface area contributed by atoms with Gasteiger partial charge in [0.25, 0.3) is 0 Å². The van der Waals surface area contributed by atoms with Crippen LogP contribution in [-0.4, -0.2) is 23.6 Å². The summed E-state index contributed by atoms with van der Waals surface area (Å²) in [6.07, 6.45) is 6.34. The quantitative estimate of drug-likeness (QED) is 0.560. The molecule has 0 amide bonds. The van der Waals surface area contributed by atoms with E-state index in [-0.39, 0.29) is 17.8 Å². The Labute approximate surface area is 150 Å². The van der Waals surface area contributed by atoms with Crippen LogP contribution in [-0.2, 0) is 24.0 Å². The maximum atomic E-state index is 12.8. The van der Waals surface area contributed by atoms with Crippen LogP contribution in [0.2, 0.25) is 0 Å². The zero-order chi connectivity index (χ0) is 17.8. The first-order valence-corrected chi connectivity index (χ1v) is 10.1. The largest absolute Gasteiger partial charge is 0.432 e. The lowest BCUT2D eigenvalue weighted by Crippen LogP contribution is -2.70. The number of fused-ring (bicyclic) bond motifs is 2. The second-order valence-electron chi connectivity index (χ2n) is 9.28. The number of rotatable bonds is 4. The van der Waals surface area contributed by atoms with E-state index in [1.54, 1.807) is 0 Å². The van der Waals surface area contributed by atoms with E-state index in [4.69, 9.17) is 19.2 Å². The van der Waals surface area contributed by atoms with Gasteiger partial charge in [0.05, 0.1) is 5.92 Å². The molecule has 0 aromatic rings. The number of carbonyl (C=O) groups is 1. The average Bonchev–Trinajstić information content (AvgIpc) is 2.77. The molecule has 5 aliphatic rings. The third-order valence-corrected chi connectivity index (χ3v) is 7.08. The SMILES string of the molecule is CC(C)CCC[C@H]1C(=O)O[C@@H]2O[C@@]3(C)CCC4[C@H](C)CC[C@@H]1[C@]42OO3. The number of esters is 1. The van der Waals surface area contributed by atoms with Gasteiger partial charge < -0.3 is 9.47 Å².